The van der Waals surface area contributed by atoms with E-state index in [2.05, 4.69) is 18.7 Å². The summed E-state index contributed by atoms with van der Waals surface area (Å²) in [4.78, 5) is 28.3. The SMILES string of the molecule is CCN(CC)CC[C@@]1(c2ccccc2)CC(=O)N(C)C1=O. The van der Waals surface area contributed by atoms with Crippen LogP contribution >= 0.6 is 0 Å². The summed E-state index contributed by atoms with van der Waals surface area (Å²) < 4.78 is 0. The number of benzene rings is 1. The van der Waals surface area contributed by atoms with E-state index in [-0.39, 0.29) is 18.2 Å². The van der Waals surface area contributed by atoms with Crippen molar-refractivity contribution in [3.8, 4) is 0 Å². The highest BCUT2D eigenvalue weighted by Crippen LogP contribution is 2.39. The van der Waals surface area contributed by atoms with Crippen molar-refractivity contribution in [2.75, 3.05) is 26.7 Å². The molecular weight excluding hydrogens is 264 g/mol. The van der Waals surface area contributed by atoms with Crippen LogP contribution in [0.2, 0.25) is 0 Å². The number of carbonyl (C=O) groups excluding carboxylic acids is 2. The molecular formula is C17H24N2O2. The molecule has 0 spiro atoms. The van der Waals surface area contributed by atoms with E-state index in [1.807, 2.05) is 30.3 Å². The highest BCUT2D eigenvalue weighted by atomic mass is 16.2. The van der Waals surface area contributed by atoms with E-state index in [4.69, 9.17) is 0 Å². The van der Waals surface area contributed by atoms with E-state index in [0.29, 0.717) is 6.42 Å². The van der Waals surface area contributed by atoms with Gasteiger partial charge in [-0.3, -0.25) is 14.5 Å². The molecule has 0 saturated carbocycles. The second kappa shape index (κ2) is 6.39. The van der Waals surface area contributed by atoms with Crippen LogP contribution in [0.3, 0.4) is 0 Å². The minimum atomic E-state index is -0.685. The van der Waals surface area contributed by atoms with Gasteiger partial charge in [0.25, 0.3) is 0 Å². The molecule has 0 N–H and O–H groups in total. The summed E-state index contributed by atoms with van der Waals surface area (Å²) in [6.07, 6.45) is 0.973. The monoisotopic (exact) mass is 288 g/mol. The van der Waals surface area contributed by atoms with Gasteiger partial charge in [0.2, 0.25) is 11.8 Å². The van der Waals surface area contributed by atoms with Crippen molar-refractivity contribution in [2.45, 2.75) is 32.1 Å². The Labute approximate surface area is 126 Å². The lowest BCUT2D eigenvalue weighted by atomic mass is 9.76. The zero-order valence-electron chi connectivity index (χ0n) is 13.1. The molecule has 1 fully saturated rings. The summed E-state index contributed by atoms with van der Waals surface area (Å²) in [5.74, 6) is -0.144. The molecule has 1 aromatic rings. The third-order valence-electron chi connectivity index (χ3n) is 4.62. The number of imide groups is 1. The number of likely N-dealkylation sites (N-methyl/N-ethyl adjacent to an activating group) is 1. The van der Waals surface area contributed by atoms with E-state index in [1.54, 1.807) is 7.05 Å². The van der Waals surface area contributed by atoms with E-state index >= 15 is 0 Å². The molecule has 1 atom stereocenters. The zero-order chi connectivity index (χ0) is 15.5. The maximum atomic E-state index is 12.7. The van der Waals surface area contributed by atoms with Crippen LogP contribution in [0.4, 0.5) is 0 Å². The summed E-state index contributed by atoms with van der Waals surface area (Å²) >= 11 is 0. The lowest BCUT2D eigenvalue weighted by molar-refractivity contribution is -0.138. The molecule has 1 aliphatic heterocycles. The Morgan fingerprint density at radius 3 is 2.24 bits per heavy atom. The summed E-state index contributed by atoms with van der Waals surface area (Å²) in [7, 11) is 1.59. The Morgan fingerprint density at radius 1 is 1.14 bits per heavy atom. The van der Waals surface area contributed by atoms with Gasteiger partial charge in [0, 0.05) is 13.5 Å². The first-order valence-corrected chi connectivity index (χ1v) is 7.64. The molecule has 0 bridgehead atoms. The predicted molar refractivity (Wildman–Crippen MR) is 82.9 cm³/mol. The Hall–Kier alpha value is -1.68. The van der Waals surface area contributed by atoms with Crippen molar-refractivity contribution in [1.82, 2.24) is 9.80 Å². The predicted octanol–water partition coefficient (Wildman–Crippen LogP) is 2.04. The summed E-state index contributed by atoms with van der Waals surface area (Å²) in [6, 6.07) is 9.74. The number of rotatable bonds is 6. The Morgan fingerprint density at radius 2 is 1.76 bits per heavy atom. The van der Waals surface area contributed by atoms with Crippen LogP contribution in [0.5, 0.6) is 0 Å². The molecule has 114 valence electrons. The number of likely N-dealkylation sites (tertiary alicyclic amines) is 1. The van der Waals surface area contributed by atoms with Crippen LogP contribution in [0, 0.1) is 0 Å². The van der Waals surface area contributed by atoms with Gasteiger partial charge in [0.15, 0.2) is 0 Å². The van der Waals surface area contributed by atoms with Gasteiger partial charge in [-0.05, 0) is 31.6 Å². The average molecular weight is 288 g/mol. The largest absolute Gasteiger partial charge is 0.304 e. The average Bonchev–Trinajstić information content (AvgIpc) is 2.74. The quantitative estimate of drug-likeness (QED) is 0.752. The first kappa shape index (κ1) is 15.7. The standard InChI is InChI=1S/C17H24N2O2/c1-4-19(5-2)12-11-17(14-9-7-6-8-10-14)13-15(20)18(3)16(17)21/h6-10H,4-5,11-13H2,1-3H3/t17-/m0/s1. The van der Waals surface area contributed by atoms with Crippen LogP contribution in [0.25, 0.3) is 0 Å². The van der Waals surface area contributed by atoms with Crippen LogP contribution in [-0.2, 0) is 15.0 Å². The normalized spacial score (nSPS) is 22.4. The minimum absolute atomic E-state index is 0.0640. The molecule has 0 aliphatic carbocycles. The maximum absolute atomic E-state index is 12.7. The molecule has 0 radical (unpaired) electrons. The summed E-state index contributed by atoms with van der Waals surface area (Å²) in [5, 5.41) is 0. The van der Waals surface area contributed by atoms with Gasteiger partial charge in [-0.15, -0.1) is 0 Å². The van der Waals surface area contributed by atoms with Crippen LogP contribution in [0.1, 0.15) is 32.3 Å². The van der Waals surface area contributed by atoms with Gasteiger partial charge in [-0.2, -0.15) is 0 Å². The van der Waals surface area contributed by atoms with Gasteiger partial charge in [-0.1, -0.05) is 44.2 Å². The van der Waals surface area contributed by atoms with Crippen molar-refractivity contribution < 1.29 is 9.59 Å². The molecule has 2 rings (SSSR count). The lowest BCUT2D eigenvalue weighted by Crippen LogP contribution is -2.40. The minimum Gasteiger partial charge on any atom is -0.304 e. The van der Waals surface area contributed by atoms with Crippen molar-refractivity contribution in [1.29, 1.82) is 0 Å². The molecule has 1 saturated heterocycles. The smallest absolute Gasteiger partial charge is 0.240 e. The van der Waals surface area contributed by atoms with Gasteiger partial charge in [-0.25, -0.2) is 0 Å². The molecule has 4 nitrogen and oxygen atoms in total. The van der Waals surface area contributed by atoms with Crippen molar-refractivity contribution in [3.05, 3.63) is 35.9 Å². The molecule has 21 heavy (non-hydrogen) atoms. The fourth-order valence-corrected chi connectivity index (χ4v) is 3.10. The number of carbonyl (C=O) groups is 2. The molecule has 2 amide bonds. The second-order valence-corrected chi connectivity index (χ2v) is 5.66. The molecule has 1 aromatic carbocycles. The van der Waals surface area contributed by atoms with E-state index in [9.17, 15) is 9.59 Å². The van der Waals surface area contributed by atoms with Crippen molar-refractivity contribution >= 4 is 11.8 Å². The maximum Gasteiger partial charge on any atom is 0.240 e. The second-order valence-electron chi connectivity index (χ2n) is 5.66. The summed E-state index contributed by atoms with van der Waals surface area (Å²) in [6.45, 7) is 6.98. The van der Waals surface area contributed by atoms with Gasteiger partial charge in [0.1, 0.15) is 0 Å². The number of hydrogen-bond donors (Lipinski definition) is 0. The van der Waals surface area contributed by atoms with Crippen LogP contribution in [0.15, 0.2) is 30.3 Å². The first-order chi connectivity index (χ1) is 10.0. The van der Waals surface area contributed by atoms with Crippen molar-refractivity contribution in [3.63, 3.8) is 0 Å². The van der Waals surface area contributed by atoms with Crippen LogP contribution < -0.4 is 0 Å². The molecule has 4 heteroatoms. The fraction of sp³-hybridized carbons (Fsp3) is 0.529. The third kappa shape index (κ3) is 2.86. The van der Waals surface area contributed by atoms with E-state index in [0.717, 1.165) is 25.2 Å². The molecule has 1 heterocycles. The lowest BCUT2D eigenvalue weighted by Gasteiger charge is -2.29. The first-order valence-electron chi connectivity index (χ1n) is 7.64. The zero-order valence-corrected chi connectivity index (χ0v) is 13.1. The van der Waals surface area contributed by atoms with E-state index in [1.165, 1.54) is 4.90 Å². The van der Waals surface area contributed by atoms with Gasteiger partial charge in [0.05, 0.1) is 5.41 Å². The fourth-order valence-electron chi connectivity index (χ4n) is 3.10. The third-order valence-corrected chi connectivity index (χ3v) is 4.62. The number of amides is 2. The molecule has 0 aromatic heterocycles. The molecule has 0 unspecified atom stereocenters. The number of hydrogen-bond acceptors (Lipinski definition) is 3. The van der Waals surface area contributed by atoms with Crippen molar-refractivity contribution in [2.24, 2.45) is 0 Å². The highest BCUT2D eigenvalue weighted by Gasteiger charge is 2.50. The van der Waals surface area contributed by atoms with Gasteiger partial charge >= 0.3 is 0 Å². The van der Waals surface area contributed by atoms with E-state index < -0.39 is 5.41 Å². The highest BCUT2D eigenvalue weighted by molar-refractivity contribution is 6.08. The Balaban J connectivity index is 2.32. The van der Waals surface area contributed by atoms with Gasteiger partial charge < -0.3 is 4.90 Å². The molecule has 1 aliphatic rings. The summed E-state index contributed by atoms with van der Waals surface area (Å²) in [5.41, 5.74) is 0.273. The Kier molecular flexibility index (Phi) is 4.78. The topological polar surface area (TPSA) is 40.6 Å². The van der Waals surface area contributed by atoms with Crippen LogP contribution in [-0.4, -0.2) is 48.3 Å². The Bertz CT molecular complexity index is 511. The number of nitrogens with zero attached hydrogens (tertiary/aromatic N) is 2.